The summed E-state index contributed by atoms with van der Waals surface area (Å²) in [5.41, 5.74) is 0. The van der Waals surface area contributed by atoms with Crippen LogP contribution >= 0.6 is 0 Å². The fraction of sp³-hybridized carbons (Fsp3) is 0.923. The molecule has 0 aliphatic heterocycles. The molecule has 1 N–H and O–H groups in total. The van der Waals surface area contributed by atoms with Crippen LogP contribution in [0.15, 0.2) is 0 Å². The maximum Gasteiger partial charge on any atom is 0.237 e. The Kier molecular flexibility index (Phi) is 7.39. The molecule has 0 radical (unpaired) electrons. The van der Waals surface area contributed by atoms with Crippen LogP contribution in [0.2, 0.25) is 0 Å². The third-order valence-corrected chi connectivity index (χ3v) is 2.80. The Morgan fingerprint density at radius 2 is 1.81 bits per heavy atom. The molecule has 3 nitrogen and oxygen atoms in total. The number of hydrogen-bond donors (Lipinski definition) is 1. The summed E-state index contributed by atoms with van der Waals surface area (Å²) in [6.07, 6.45) is 2.16. The molecular weight excluding hydrogens is 200 g/mol. The van der Waals surface area contributed by atoms with Gasteiger partial charge in [0.2, 0.25) is 5.91 Å². The van der Waals surface area contributed by atoms with Crippen molar-refractivity contribution in [2.24, 2.45) is 5.92 Å². The van der Waals surface area contributed by atoms with Crippen molar-refractivity contribution in [2.45, 2.75) is 59.5 Å². The first kappa shape index (κ1) is 15.4. The Morgan fingerprint density at radius 1 is 1.25 bits per heavy atom. The van der Waals surface area contributed by atoms with Gasteiger partial charge in [-0.2, -0.15) is 0 Å². The topological polar surface area (TPSA) is 32.3 Å². The third-order valence-electron chi connectivity index (χ3n) is 2.80. The smallest absolute Gasteiger partial charge is 0.237 e. The van der Waals surface area contributed by atoms with Crippen molar-refractivity contribution in [2.75, 3.05) is 13.6 Å². The number of hydrogen-bond acceptors (Lipinski definition) is 2. The Labute approximate surface area is 101 Å². The van der Waals surface area contributed by atoms with Gasteiger partial charge in [-0.15, -0.1) is 0 Å². The lowest BCUT2D eigenvalue weighted by Crippen LogP contribution is -2.47. The van der Waals surface area contributed by atoms with Crippen LogP contribution in [-0.4, -0.2) is 36.5 Å². The van der Waals surface area contributed by atoms with Gasteiger partial charge in [0, 0.05) is 12.6 Å². The van der Waals surface area contributed by atoms with E-state index >= 15 is 0 Å². The van der Waals surface area contributed by atoms with E-state index < -0.39 is 0 Å². The predicted molar refractivity (Wildman–Crippen MR) is 69.4 cm³/mol. The van der Waals surface area contributed by atoms with E-state index in [-0.39, 0.29) is 18.0 Å². The number of carbonyl (C=O) groups is 1. The van der Waals surface area contributed by atoms with E-state index in [0.717, 1.165) is 19.4 Å². The summed E-state index contributed by atoms with van der Waals surface area (Å²) in [6, 6.07) is 0.245. The lowest BCUT2D eigenvalue weighted by molar-refractivity contribution is -0.126. The zero-order chi connectivity index (χ0) is 12.7. The van der Waals surface area contributed by atoms with Crippen LogP contribution in [0.4, 0.5) is 0 Å². The maximum absolute atomic E-state index is 11.9. The molecule has 0 unspecified atom stereocenters. The van der Waals surface area contributed by atoms with Gasteiger partial charge in [-0.05, 0) is 33.2 Å². The van der Waals surface area contributed by atoms with E-state index in [1.54, 1.807) is 0 Å². The quantitative estimate of drug-likeness (QED) is 0.725. The number of rotatable bonds is 7. The number of likely N-dealkylation sites (N-methyl/N-ethyl adjacent to an activating group) is 1. The minimum Gasteiger partial charge on any atom is -0.352 e. The van der Waals surface area contributed by atoms with Gasteiger partial charge in [0.1, 0.15) is 0 Å². The molecule has 0 rings (SSSR count). The molecule has 96 valence electrons. The molecule has 0 aromatic heterocycles. The first-order chi connectivity index (χ1) is 7.38. The SMILES string of the molecule is CCC[C@H](C)NC(=O)[C@H](C)N(C)CC(C)C. The summed E-state index contributed by atoms with van der Waals surface area (Å²) in [6.45, 7) is 11.5. The normalized spacial score (nSPS) is 15.2. The average molecular weight is 228 g/mol. The summed E-state index contributed by atoms with van der Waals surface area (Å²) < 4.78 is 0. The summed E-state index contributed by atoms with van der Waals surface area (Å²) in [5.74, 6) is 0.734. The molecule has 0 aromatic rings. The summed E-state index contributed by atoms with van der Waals surface area (Å²) >= 11 is 0. The van der Waals surface area contributed by atoms with Gasteiger partial charge in [0.05, 0.1) is 6.04 Å². The van der Waals surface area contributed by atoms with E-state index in [1.807, 2.05) is 14.0 Å². The van der Waals surface area contributed by atoms with Crippen LogP contribution in [0.1, 0.15) is 47.5 Å². The van der Waals surface area contributed by atoms with Gasteiger partial charge >= 0.3 is 0 Å². The van der Waals surface area contributed by atoms with Gasteiger partial charge in [-0.1, -0.05) is 27.2 Å². The van der Waals surface area contributed by atoms with Crippen LogP contribution in [0.25, 0.3) is 0 Å². The molecule has 0 heterocycles. The minimum atomic E-state index is -0.0401. The second kappa shape index (κ2) is 7.66. The second-order valence-corrected chi connectivity index (χ2v) is 5.21. The van der Waals surface area contributed by atoms with Gasteiger partial charge in [-0.25, -0.2) is 0 Å². The highest BCUT2D eigenvalue weighted by atomic mass is 16.2. The predicted octanol–water partition coefficient (Wildman–Crippen LogP) is 2.27. The minimum absolute atomic E-state index is 0.0401. The molecular formula is C13H28N2O. The second-order valence-electron chi connectivity index (χ2n) is 5.21. The molecule has 0 saturated heterocycles. The molecule has 0 spiro atoms. The number of nitrogens with zero attached hydrogens (tertiary/aromatic N) is 1. The van der Waals surface area contributed by atoms with Gasteiger partial charge in [0.25, 0.3) is 0 Å². The van der Waals surface area contributed by atoms with Gasteiger partial charge in [-0.3, -0.25) is 9.69 Å². The summed E-state index contributed by atoms with van der Waals surface area (Å²) in [7, 11) is 2.01. The Morgan fingerprint density at radius 3 is 2.25 bits per heavy atom. The molecule has 1 amide bonds. The van der Waals surface area contributed by atoms with Crippen molar-refractivity contribution >= 4 is 5.91 Å². The van der Waals surface area contributed by atoms with Crippen molar-refractivity contribution in [1.29, 1.82) is 0 Å². The van der Waals surface area contributed by atoms with Crippen molar-refractivity contribution in [1.82, 2.24) is 10.2 Å². The third kappa shape index (κ3) is 6.11. The first-order valence-electron chi connectivity index (χ1n) is 6.39. The molecule has 2 atom stereocenters. The van der Waals surface area contributed by atoms with E-state index in [4.69, 9.17) is 0 Å². The molecule has 0 aliphatic carbocycles. The lowest BCUT2D eigenvalue weighted by atomic mass is 10.1. The average Bonchev–Trinajstić information content (AvgIpc) is 2.15. The molecule has 0 aromatic carbocycles. The van der Waals surface area contributed by atoms with Crippen LogP contribution < -0.4 is 5.32 Å². The standard InChI is InChI=1S/C13H28N2O/c1-7-8-11(4)14-13(16)12(5)15(6)9-10(2)3/h10-12H,7-9H2,1-6H3,(H,14,16)/t11-,12-/m0/s1. The number of amides is 1. The highest BCUT2D eigenvalue weighted by molar-refractivity contribution is 5.81. The van der Waals surface area contributed by atoms with Gasteiger partial charge in [0.15, 0.2) is 0 Å². The highest BCUT2D eigenvalue weighted by Crippen LogP contribution is 2.03. The molecule has 0 fully saturated rings. The molecule has 3 heteroatoms. The van der Waals surface area contributed by atoms with Crippen molar-refractivity contribution in [3.05, 3.63) is 0 Å². The zero-order valence-electron chi connectivity index (χ0n) is 11.7. The van der Waals surface area contributed by atoms with Gasteiger partial charge < -0.3 is 5.32 Å². The lowest BCUT2D eigenvalue weighted by Gasteiger charge is -2.26. The Balaban J connectivity index is 4.06. The molecule has 0 aliphatic rings. The van der Waals surface area contributed by atoms with Crippen molar-refractivity contribution < 1.29 is 4.79 Å². The maximum atomic E-state index is 11.9. The first-order valence-corrected chi connectivity index (χ1v) is 6.39. The van der Waals surface area contributed by atoms with Crippen LogP contribution in [-0.2, 0) is 4.79 Å². The molecule has 0 saturated carbocycles. The monoisotopic (exact) mass is 228 g/mol. The number of nitrogens with one attached hydrogen (secondary N) is 1. The number of carbonyl (C=O) groups excluding carboxylic acids is 1. The van der Waals surface area contributed by atoms with Crippen LogP contribution in [0.5, 0.6) is 0 Å². The fourth-order valence-corrected chi connectivity index (χ4v) is 1.80. The van der Waals surface area contributed by atoms with E-state index in [2.05, 4.69) is 37.9 Å². The van der Waals surface area contributed by atoms with Crippen LogP contribution in [0.3, 0.4) is 0 Å². The van der Waals surface area contributed by atoms with Crippen molar-refractivity contribution in [3.8, 4) is 0 Å². The van der Waals surface area contributed by atoms with E-state index in [9.17, 15) is 4.79 Å². The zero-order valence-corrected chi connectivity index (χ0v) is 11.7. The summed E-state index contributed by atoms with van der Waals surface area (Å²) in [5, 5.41) is 3.05. The fourth-order valence-electron chi connectivity index (χ4n) is 1.80. The van der Waals surface area contributed by atoms with E-state index in [0.29, 0.717) is 5.92 Å². The van der Waals surface area contributed by atoms with E-state index in [1.165, 1.54) is 0 Å². The van der Waals surface area contributed by atoms with Crippen LogP contribution in [0, 0.1) is 5.92 Å². The highest BCUT2D eigenvalue weighted by Gasteiger charge is 2.19. The van der Waals surface area contributed by atoms with Crippen molar-refractivity contribution in [3.63, 3.8) is 0 Å². The Bertz CT molecular complexity index is 204. The largest absolute Gasteiger partial charge is 0.352 e. The molecule has 16 heavy (non-hydrogen) atoms. The Hall–Kier alpha value is -0.570. The summed E-state index contributed by atoms with van der Waals surface area (Å²) in [4.78, 5) is 14.0. The molecule has 0 bridgehead atoms.